The van der Waals surface area contributed by atoms with Crippen molar-refractivity contribution in [1.82, 2.24) is 4.98 Å². The van der Waals surface area contributed by atoms with Crippen molar-refractivity contribution in [2.24, 2.45) is 0 Å². The summed E-state index contributed by atoms with van der Waals surface area (Å²) in [4.78, 5) is 17.3. The quantitative estimate of drug-likeness (QED) is 0.734. The minimum Gasteiger partial charge on any atom is -0.441 e. The van der Waals surface area contributed by atoms with Crippen LogP contribution >= 0.6 is 11.8 Å². The molecule has 2 aromatic carbocycles. The van der Waals surface area contributed by atoms with E-state index in [0.29, 0.717) is 17.2 Å². The van der Waals surface area contributed by atoms with E-state index >= 15 is 0 Å². The second-order valence-electron chi connectivity index (χ2n) is 5.07. The molecule has 5 heteroatoms. The third kappa shape index (κ3) is 3.49. The summed E-state index contributed by atoms with van der Waals surface area (Å²) in [5.41, 5.74) is 3.41. The molecule has 1 aromatic heterocycles. The summed E-state index contributed by atoms with van der Waals surface area (Å²) in [6.07, 6.45) is 0. The molecule has 0 atom stereocenters. The van der Waals surface area contributed by atoms with Gasteiger partial charge in [0.2, 0.25) is 5.91 Å². The van der Waals surface area contributed by atoms with Gasteiger partial charge in [0.15, 0.2) is 11.5 Å². The highest BCUT2D eigenvalue weighted by molar-refractivity contribution is 8.00. The van der Waals surface area contributed by atoms with Gasteiger partial charge in [-0.1, -0.05) is 17.7 Å². The van der Waals surface area contributed by atoms with E-state index in [-0.39, 0.29) is 5.91 Å². The largest absolute Gasteiger partial charge is 0.441 e. The summed E-state index contributed by atoms with van der Waals surface area (Å²) in [7, 11) is 0. The molecule has 1 heterocycles. The van der Waals surface area contributed by atoms with Crippen LogP contribution in [0.25, 0.3) is 11.1 Å². The van der Waals surface area contributed by atoms with Crippen LogP contribution in [0.4, 0.5) is 5.69 Å². The molecule has 0 bridgehead atoms. The summed E-state index contributed by atoms with van der Waals surface area (Å²) in [6.45, 7) is 3.85. The zero-order valence-electron chi connectivity index (χ0n) is 12.4. The molecule has 0 unspecified atom stereocenters. The maximum atomic E-state index is 12.0. The van der Waals surface area contributed by atoms with Gasteiger partial charge in [-0.15, -0.1) is 11.8 Å². The van der Waals surface area contributed by atoms with E-state index in [4.69, 9.17) is 4.42 Å². The molecule has 1 amide bonds. The van der Waals surface area contributed by atoms with Crippen molar-refractivity contribution in [3.8, 4) is 0 Å². The average molecular weight is 312 g/mol. The second kappa shape index (κ2) is 6.23. The maximum absolute atomic E-state index is 12.0. The molecule has 3 rings (SSSR count). The van der Waals surface area contributed by atoms with Gasteiger partial charge < -0.3 is 9.73 Å². The standard InChI is InChI=1S/C17H16N2O2S/c1-11-3-6-14(7-4-11)22-10-17(20)19-13-5-8-15-16(9-13)21-12(2)18-15/h3-9H,10H2,1-2H3,(H,19,20). The van der Waals surface area contributed by atoms with Crippen molar-refractivity contribution in [3.63, 3.8) is 0 Å². The fourth-order valence-electron chi connectivity index (χ4n) is 2.10. The van der Waals surface area contributed by atoms with Crippen LogP contribution in [-0.4, -0.2) is 16.6 Å². The van der Waals surface area contributed by atoms with Crippen molar-refractivity contribution < 1.29 is 9.21 Å². The van der Waals surface area contributed by atoms with Crippen molar-refractivity contribution >= 4 is 34.5 Å². The maximum Gasteiger partial charge on any atom is 0.234 e. The molecule has 4 nitrogen and oxygen atoms in total. The molecule has 0 fully saturated rings. The fourth-order valence-corrected chi connectivity index (χ4v) is 2.80. The van der Waals surface area contributed by atoms with Gasteiger partial charge in [-0.2, -0.15) is 0 Å². The zero-order valence-corrected chi connectivity index (χ0v) is 13.2. The lowest BCUT2D eigenvalue weighted by Crippen LogP contribution is -2.13. The number of hydrogen-bond donors (Lipinski definition) is 1. The first-order chi connectivity index (χ1) is 10.6. The van der Waals surface area contributed by atoms with Gasteiger partial charge in [-0.25, -0.2) is 4.98 Å². The zero-order chi connectivity index (χ0) is 15.5. The Kier molecular flexibility index (Phi) is 4.15. The molecule has 1 N–H and O–H groups in total. The van der Waals surface area contributed by atoms with Gasteiger partial charge in [-0.3, -0.25) is 4.79 Å². The van der Waals surface area contributed by atoms with Crippen LogP contribution in [0.3, 0.4) is 0 Å². The molecule has 0 aliphatic carbocycles. The second-order valence-corrected chi connectivity index (χ2v) is 6.11. The van der Waals surface area contributed by atoms with Crippen LogP contribution in [0, 0.1) is 13.8 Å². The predicted molar refractivity (Wildman–Crippen MR) is 89.3 cm³/mol. The highest BCUT2D eigenvalue weighted by atomic mass is 32.2. The molecule has 0 aliphatic heterocycles. The Morgan fingerprint density at radius 1 is 1.18 bits per heavy atom. The van der Waals surface area contributed by atoms with Gasteiger partial charge in [0.1, 0.15) is 5.52 Å². The number of hydrogen-bond acceptors (Lipinski definition) is 4. The van der Waals surface area contributed by atoms with E-state index in [9.17, 15) is 4.79 Å². The van der Waals surface area contributed by atoms with Crippen molar-refractivity contribution in [2.45, 2.75) is 18.7 Å². The number of anilines is 1. The minimum absolute atomic E-state index is 0.0406. The third-order valence-electron chi connectivity index (χ3n) is 3.17. The van der Waals surface area contributed by atoms with Crippen LogP contribution in [0.1, 0.15) is 11.5 Å². The predicted octanol–water partition coefficient (Wildman–Crippen LogP) is 4.18. The first-order valence-corrected chi connectivity index (χ1v) is 7.95. The topological polar surface area (TPSA) is 55.1 Å². The molecule has 3 aromatic rings. The Morgan fingerprint density at radius 2 is 1.95 bits per heavy atom. The molecular formula is C17H16N2O2S. The Labute approximate surface area is 132 Å². The highest BCUT2D eigenvalue weighted by Gasteiger charge is 2.07. The molecule has 22 heavy (non-hydrogen) atoms. The SMILES string of the molecule is Cc1ccc(SCC(=O)Nc2ccc3nc(C)oc3c2)cc1. The Balaban J connectivity index is 1.61. The highest BCUT2D eigenvalue weighted by Crippen LogP contribution is 2.21. The lowest BCUT2D eigenvalue weighted by molar-refractivity contribution is -0.113. The number of thioether (sulfide) groups is 1. The molecule has 0 radical (unpaired) electrons. The number of nitrogens with zero attached hydrogens (tertiary/aromatic N) is 1. The molecule has 0 saturated carbocycles. The van der Waals surface area contributed by atoms with E-state index in [0.717, 1.165) is 16.1 Å². The van der Waals surface area contributed by atoms with E-state index < -0.39 is 0 Å². The number of carbonyl (C=O) groups excluding carboxylic acids is 1. The summed E-state index contributed by atoms with van der Waals surface area (Å²) < 4.78 is 5.46. The number of aryl methyl sites for hydroxylation is 2. The average Bonchev–Trinajstić information content (AvgIpc) is 2.86. The number of amides is 1. The summed E-state index contributed by atoms with van der Waals surface area (Å²) in [5.74, 6) is 0.950. The number of rotatable bonds is 4. The van der Waals surface area contributed by atoms with Gasteiger partial charge in [0.25, 0.3) is 0 Å². The van der Waals surface area contributed by atoms with E-state index in [2.05, 4.69) is 10.3 Å². The molecule has 112 valence electrons. The Morgan fingerprint density at radius 3 is 2.73 bits per heavy atom. The van der Waals surface area contributed by atoms with E-state index in [1.54, 1.807) is 13.0 Å². The lowest BCUT2D eigenvalue weighted by Gasteiger charge is -2.05. The molecule has 0 aliphatic rings. The number of fused-ring (bicyclic) bond motifs is 1. The molecule has 0 saturated heterocycles. The van der Waals surface area contributed by atoms with Crippen molar-refractivity contribution in [2.75, 3.05) is 11.1 Å². The van der Waals surface area contributed by atoms with Crippen LogP contribution in [0.2, 0.25) is 0 Å². The van der Waals surface area contributed by atoms with Crippen LogP contribution in [-0.2, 0) is 4.79 Å². The first kappa shape index (κ1) is 14.7. The number of carbonyl (C=O) groups is 1. The van der Waals surface area contributed by atoms with E-state index in [1.807, 2.05) is 43.3 Å². The first-order valence-electron chi connectivity index (χ1n) is 6.97. The monoisotopic (exact) mass is 312 g/mol. The third-order valence-corrected chi connectivity index (χ3v) is 4.18. The summed E-state index contributed by atoms with van der Waals surface area (Å²) in [6, 6.07) is 13.6. The van der Waals surface area contributed by atoms with Crippen molar-refractivity contribution in [3.05, 3.63) is 53.9 Å². The number of nitrogens with one attached hydrogen (secondary N) is 1. The van der Waals surface area contributed by atoms with Crippen molar-refractivity contribution in [1.29, 1.82) is 0 Å². The Hall–Kier alpha value is -2.27. The van der Waals surface area contributed by atoms with Crippen LogP contribution in [0.5, 0.6) is 0 Å². The molecular weight excluding hydrogens is 296 g/mol. The summed E-state index contributed by atoms with van der Waals surface area (Å²) >= 11 is 1.52. The normalized spacial score (nSPS) is 10.8. The lowest BCUT2D eigenvalue weighted by atomic mass is 10.2. The van der Waals surface area contributed by atoms with Crippen LogP contribution in [0.15, 0.2) is 51.8 Å². The minimum atomic E-state index is -0.0406. The van der Waals surface area contributed by atoms with E-state index in [1.165, 1.54) is 17.3 Å². The number of oxazole rings is 1. The summed E-state index contributed by atoms with van der Waals surface area (Å²) in [5, 5.41) is 2.88. The Bertz CT molecular complexity index is 809. The number of benzene rings is 2. The fraction of sp³-hybridized carbons (Fsp3) is 0.176. The van der Waals surface area contributed by atoms with Gasteiger partial charge in [-0.05, 0) is 31.2 Å². The van der Waals surface area contributed by atoms with Gasteiger partial charge in [0, 0.05) is 23.6 Å². The smallest absolute Gasteiger partial charge is 0.234 e. The van der Waals surface area contributed by atoms with Gasteiger partial charge in [0.05, 0.1) is 5.75 Å². The number of aromatic nitrogens is 1. The molecule has 0 spiro atoms. The van der Waals surface area contributed by atoms with Crippen LogP contribution < -0.4 is 5.32 Å². The van der Waals surface area contributed by atoms with Gasteiger partial charge >= 0.3 is 0 Å².